The highest BCUT2D eigenvalue weighted by Crippen LogP contribution is 2.58. The van der Waals surface area contributed by atoms with Crippen LogP contribution in [-0.2, 0) is 4.79 Å². The maximum atomic E-state index is 14.6. The SMILES string of the molecule is Cc1cccc(NC(=O)N2C(c3ccc(Cl)cc3)C(C(=O)c3ccccc3C)C(c3sccc3C)C2(C)C(=O)O)c1. The summed E-state index contributed by atoms with van der Waals surface area (Å²) in [6.45, 7) is 7.25. The summed E-state index contributed by atoms with van der Waals surface area (Å²) in [7, 11) is 0. The van der Waals surface area contributed by atoms with Crippen molar-refractivity contribution in [1.82, 2.24) is 4.90 Å². The first-order valence-electron chi connectivity index (χ1n) is 13.3. The Morgan fingerprint density at radius 2 is 1.63 bits per heavy atom. The van der Waals surface area contributed by atoms with Gasteiger partial charge in [0, 0.05) is 27.1 Å². The molecule has 0 saturated carbocycles. The number of carboxylic acids is 1. The van der Waals surface area contributed by atoms with Crippen molar-refractivity contribution < 1.29 is 19.5 Å². The normalized spacial score (nSPS) is 22.0. The lowest BCUT2D eigenvalue weighted by Gasteiger charge is -2.37. The number of nitrogens with one attached hydrogen (secondary N) is 1. The van der Waals surface area contributed by atoms with Gasteiger partial charge in [0.25, 0.3) is 0 Å². The number of carbonyl (C=O) groups excluding carboxylic acids is 2. The quantitative estimate of drug-likeness (QED) is 0.224. The second-order valence-corrected chi connectivity index (χ2v) is 12.2. The van der Waals surface area contributed by atoms with E-state index in [4.69, 9.17) is 11.6 Å². The molecule has 1 aromatic heterocycles. The molecule has 0 spiro atoms. The highest BCUT2D eigenvalue weighted by atomic mass is 35.5. The summed E-state index contributed by atoms with van der Waals surface area (Å²) in [6, 6.07) is 22.0. The van der Waals surface area contributed by atoms with Crippen LogP contribution in [0.3, 0.4) is 0 Å². The summed E-state index contributed by atoms with van der Waals surface area (Å²) in [6.07, 6.45) is 0. The van der Waals surface area contributed by atoms with Gasteiger partial charge < -0.3 is 10.4 Å². The van der Waals surface area contributed by atoms with Crippen LogP contribution in [0.5, 0.6) is 0 Å². The lowest BCUT2D eigenvalue weighted by atomic mass is 9.73. The largest absolute Gasteiger partial charge is 0.479 e. The fraction of sp³-hybridized carbons (Fsp3) is 0.242. The van der Waals surface area contributed by atoms with Gasteiger partial charge in [0.1, 0.15) is 5.54 Å². The fourth-order valence-electron chi connectivity index (χ4n) is 6.07. The first-order valence-corrected chi connectivity index (χ1v) is 14.6. The Hall–Kier alpha value is -3.94. The Balaban J connectivity index is 1.78. The third-order valence-corrected chi connectivity index (χ3v) is 9.47. The first kappa shape index (κ1) is 28.6. The number of nitrogens with zero attached hydrogens (tertiary/aromatic N) is 1. The zero-order valence-corrected chi connectivity index (χ0v) is 24.8. The van der Waals surface area contributed by atoms with E-state index in [1.807, 2.05) is 62.5 Å². The molecule has 2 heterocycles. The third kappa shape index (κ3) is 5.04. The molecule has 1 saturated heterocycles. The van der Waals surface area contributed by atoms with Crippen molar-refractivity contribution in [1.29, 1.82) is 0 Å². The highest BCUT2D eigenvalue weighted by molar-refractivity contribution is 7.10. The second-order valence-electron chi connectivity index (χ2n) is 10.8. The van der Waals surface area contributed by atoms with E-state index in [0.717, 1.165) is 21.6 Å². The van der Waals surface area contributed by atoms with Crippen LogP contribution in [-0.4, -0.2) is 33.3 Å². The molecule has 1 fully saturated rings. The average Bonchev–Trinajstić information content (AvgIpc) is 3.47. The molecule has 1 aliphatic heterocycles. The molecule has 1 aliphatic rings. The Kier molecular flexibility index (Phi) is 7.77. The zero-order valence-electron chi connectivity index (χ0n) is 23.2. The number of Topliss-reactive ketones (excluding diaryl/α,β-unsaturated/α-hetero) is 1. The van der Waals surface area contributed by atoms with Gasteiger partial charge in [0.05, 0.1) is 12.0 Å². The number of urea groups is 1. The number of rotatable bonds is 6. The van der Waals surface area contributed by atoms with Gasteiger partial charge in [-0.3, -0.25) is 9.69 Å². The van der Waals surface area contributed by atoms with E-state index in [9.17, 15) is 19.5 Å². The molecule has 2 amide bonds. The molecular formula is C33H31ClN2O4S. The number of thiophene rings is 1. The summed E-state index contributed by atoms with van der Waals surface area (Å²) in [5.41, 5.74) is 2.51. The van der Waals surface area contributed by atoms with Gasteiger partial charge >= 0.3 is 12.0 Å². The number of amides is 2. The van der Waals surface area contributed by atoms with E-state index in [-0.39, 0.29) is 5.78 Å². The second kappa shape index (κ2) is 11.1. The van der Waals surface area contributed by atoms with Crippen LogP contribution >= 0.6 is 22.9 Å². The number of ketones is 1. The van der Waals surface area contributed by atoms with Crippen molar-refractivity contribution >= 4 is 46.4 Å². The summed E-state index contributed by atoms with van der Waals surface area (Å²) in [5.74, 6) is -3.11. The summed E-state index contributed by atoms with van der Waals surface area (Å²) in [4.78, 5) is 44.5. The summed E-state index contributed by atoms with van der Waals surface area (Å²) in [5, 5.41) is 16.3. The van der Waals surface area contributed by atoms with Gasteiger partial charge in [-0.1, -0.05) is 60.1 Å². The molecule has 2 N–H and O–H groups in total. The molecule has 0 aliphatic carbocycles. The van der Waals surface area contributed by atoms with Gasteiger partial charge in [-0.05, 0) is 85.7 Å². The van der Waals surface area contributed by atoms with Gasteiger partial charge in [0.15, 0.2) is 5.78 Å². The highest BCUT2D eigenvalue weighted by Gasteiger charge is 2.65. The molecular weight excluding hydrogens is 556 g/mol. The lowest BCUT2D eigenvalue weighted by molar-refractivity contribution is -0.148. The van der Waals surface area contributed by atoms with Crippen LogP contribution < -0.4 is 5.32 Å². The van der Waals surface area contributed by atoms with Crippen molar-refractivity contribution in [3.63, 3.8) is 0 Å². The van der Waals surface area contributed by atoms with Crippen molar-refractivity contribution in [2.75, 3.05) is 5.32 Å². The van der Waals surface area contributed by atoms with Crippen LogP contribution in [0.25, 0.3) is 0 Å². The number of aryl methyl sites for hydroxylation is 3. The number of aliphatic carboxylic acids is 1. The number of hydrogen-bond donors (Lipinski definition) is 2. The maximum absolute atomic E-state index is 14.6. The number of anilines is 1. The fourth-order valence-corrected chi connectivity index (χ4v) is 7.39. The van der Waals surface area contributed by atoms with E-state index in [1.165, 1.54) is 16.2 Å². The van der Waals surface area contributed by atoms with E-state index < -0.39 is 35.4 Å². The maximum Gasteiger partial charge on any atom is 0.330 e. The Bertz CT molecular complexity index is 1630. The van der Waals surface area contributed by atoms with Gasteiger partial charge in [-0.2, -0.15) is 0 Å². The van der Waals surface area contributed by atoms with Crippen molar-refractivity contribution in [2.24, 2.45) is 5.92 Å². The van der Waals surface area contributed by atoms with Crippen LogP contribution in [0.4, 0.5) is 10.5 Å². The molecule has 3 aromatic carbocycles. The number of carboxylic acid groups (broad SMARTS) is 1. The summed E-state index contributed by atoms with van der Waals surface area (Å²) < 4.78 is 0. The molecule has 4 atom stereocenters. The van der Waals surface area contributed by atoms with Crippen molar-refractivity contribution in [3.8, 4) is 0 Å². The van der Waals surface area contributed by atoms with Crippen LogP contribution in [0, 0.1) is 26.7 Å². The van der Waals surface area contributed by atoms with Gasteiger partial charge in [-0.15, -0.1) is 11.3 Å². The molecule has 8 heteroatoms. The van der Waals surface area contributed by atoms with Crippen LogP contribution in [0.15, 0.2) is 84.2 Å². The Morgan fingerprint density at radius 3 is 2.24 bits per heavy atom. The van der Waals surface area contributed by atoms with Gasteiger partial charge in [-0.25, -0.2) is 9.59 Å². The van der Waals surface area contributed by atoms with Crippen molar-refractivity contribution in [2.45, 2.75) is 45.2 Å². The monoisotopic (exact) mass is 586 g/mol. The molecule has 0 radical (unpaired) electrons. The molecule has 4 unspecified atom stereocenters. The first-order chi connectivity index (χ1) is 19.5. The van der Waals surface area contributed by atoms with E-state index in [1.54, 1.807) is 49.4 Å². The summed E-state index contributed by atoms with van der Waals surface area (Å²) >= 11 is 7.65. The average molecular weight is 587 g/mol. The van der Waals surface area contributed by atoms with E-state index in [2.05, 4.69) is 5.32 Å². The predicted molar refractivity (Wildman–Crippen MR) is 163 cm³/mol. The number of benzene rings is 3. The molecule has 4 aromatic rings. The number of likely N-dealkylation sites (tertiary alicyclic amines) is 1. The van der Waals surface area contributed by atoms with Crippen molar-refractivity contribution in [3.05, 3.63) is 122 Å². The van der Waals surface area contributed by atoms with Crippen LogP contribution in [0.1, 0.15) is 56.4 Å². The molecule has 210 valence electrons. The van der Waals surface area contributed by atoms with E-state index >= 15 is 0 Å². The van der Waals surface area contributed by atoms with Gasteiger partial charge in [0.2, 0.25) is 0 Å². The Morgan fingerprint density at radius 1 is 0.927 bits per heavy atom. The standard InChI is InChI=1S/C33H31ClN2O4S/c1-19-8-7-10-24(18-19)35-32(40)36-28(22-12-14-23(34)15-13-22)26(29(37)25-11-6-5-9-20(25)2)27(33(36,4)31(38)39)30-21(3)16-17-41-30/h5-18,26-28H,1-4H3,(H,35,40)(H,38,39). The molecule has 6 nitrogen and oxygen atoms in total. The van der Waals surface area contributed by atoms with Crippen LogP contribution in [0.2, 0.25) is 5.02 Å². The molecule has 41 heavy (non-hydrogen) atoms. The third-order valence-electron chi connectivity index (χ3n) is 8.11. The topological polar surface area (TPSA) is 86.7 Å². The molecule has 0 bridgehead atoms. The van der Waals surface area contributed by atoms with E-state index in [0.29, 0.717) is 21.8 Å². The molecule has 5 rings (SSSR count). The minimum Gasteiger partial charge on any atom is -0.479 e. The minimum absolute atomic E-state index is 0.209. The predicted octanol–water partition coefficient (Wildman–Crippen LogP) is 8.04. The minimum atomic E-state index is -1.77. The number of hydrogen-bond acceptors (Lipinski definition) is 4. The number of carbonyl (C=O) groups is 3. The smallest absolute Gasteiger partial charge is 0.330 e. The zero-order chi connectivity index (χ0) is 29.5. The lowest BCUT2D eigenvalue weighted by Crippen LogP contribution is -2.55. The number of halogens is 1. The Labute approximate surface area is 248 Å².